The zero-order chi connectivity index (χ0) is 9.26. The van der Waals surface area contributed by atoms with Gasteiger partial charge in [-0.3, -0.25) is 0 Å². The average Bonchev–Trinajstić information content (AvgIpc) is 2.06. The number of pyridine rings is 1. The molecule has 2 nitrogen and oxygen atoms in total. The highest BCUT2D eigenvalue weighted by molar-refractivity contribution is 9.10. The van der Waals surface area contributed by atoms with Crippen LogP contribution in [0.2, 0.25) is 0 Å². The average molecular weight is 242 g/mol. The summed E-state index contributed by atoms with van der Waals surface area (Å²) in [7, 11) is 0. The summed E-state index contributed by atoms with van der Waals surface area (Å²) in [5.41, 5.74) is 0. The number of hydrogen-bond acceptors (Lipinski definition) is 2. The fourth-order valence-electron chi connectivity index (χ4n) is 1.53. The summed E-state index contributed by atoms with van der Waals surface area (Å²) < 4.78 is 6.63. The Labute approximate surface area is 86.5 Å². The number of halogens is 1. The van der Waals surface area contributed by atoms with E-state index < -0.39 is 0 Å². The first-order valence-corrected chi connectivity index (χ1v) is 5.31. The molecule has 0 aromatic carbocycles. The fourth-order valence-corrected chi connectivity index (χ4v) is 1.76. The van der Waals surface area contributed by atoms with Gasteiger partial charge < -0.3 is 4.74 Å². The maximum atomic E-state index is 5.64. The van der Waals surface area contributed by atoms with Gasteiger partial charge in [0.15, 0.2) is 0 Å². The van der Waals surface area contributed by atoms with E-state index in [9.17, 15) is 0 Å². The maximum absolute atomic E-state index is 5.64. The van der Waals surface area contributed by atoms with Crippen LogP contribution in [0.25, 0.3) is 0 Å². The van der Waals surface area contributed by atoms with Crippen molar-refractivity contribution in [3.05, 3.63) is 22.8 Å². The minimum absolute atomic E-state index is 0.392. The van der Waals surface area contributed by atoms with Crippen LogP contribution in [-0.4, -0.2) is 11.1 Å². The number of rotatable bonds is 2. The SMILES string of the molecule is C[C@H]1C[C@@H](Oc2ccc(Br)cn2)C1. The normalized spacial score (nSPS) is 26.6. The molecule has 1 aliphatic carbocycles. The fraction of sp³-hybridized carbons (Fsp3) is 0.500. The quantitative estimate of drug-likeness (QED) is 0.795. The molecule has 0 radical (unpaired) electrons. The second-order valence-electron chi connectivity index (χ2n) is 3.63. The Balaban J connectivity index is 1.91. The van der Waals surface area contributed by atoms with Crippen molar-refractivity contribution in [2.24, 2.45) is 5.92 Å². The highest BCUT2D eigenvalue weighted by Crippen LogP contribution is 2.30. The van der Waals surface area contributed by atoms with Crippen molar-refractivity contribution in [1.29, 1.82) is 0 Å². The second-order valence-corrected chi connectivity index (χ2v) is 4.55. The van der Waals surface area contributed by atoms with Crippen LogP contribution in [0.5, 0.6) is 5.88 Å². The van der Waals surface area contributed by atoms with Gasteiger partial charge in [0.25, 0.3) is 0 Å². The first-order valence-electron chi connectivity index (χ1n) is 4.52. The first-order chi connectivity index (χ1) is 6.24. The van der Waals surface area contributed by atoms with Gasteiger partial charge in [-0.25, -0.2) is 4.98 Å². The van der Waals surface area contributed by atoms with Crippen molar-refractivity contribution in [2.45, 2.75) is 25.9 Å². The molecule has 0 spiro atoms. The highest BCUT2D eigenvalue weighted by Gasteiger charge is 2.27. The van der Waals surface area contributed by atoms with Crippen LogP contribution in [0.15, 0.2) is 22.8 Å². The van der Waals surface area contributed by atoms with Crippen molar-refractivity contribution in [1.82, 2.24) is 4.98 Å². The van der Waals surface area contributed by atoms with Gasteiger partial charge in [-0.2, -0.15) is 0 Å². The molecule has 1 aromatic heterocycles. The number of nitrogens with zero attached hydrogens (tertiary/aromatic N) is 1. The van der Waals surface area contributed by atoms with E-state index in [0.717, 1.165) is 29.1 Å². The topological polar surface area (TPSA) is 22.1 Å². The summed E-state index contributed by atoms with van der Waals surface area (Å²) in [4.78, 5) is 4.16. The molecule has 0 atom stereocenters. The Hall–Kier alpha value is -0.570. The van der Waals surface area contributed by atoms with E-state index in [1.807, 2.05) is 12.1 Å². The van der Waals surface area contributed by atoms with Crippen LogP contribution in [0, 0.1) is 5.92 Å². The maximum Gasteiger partial charge on any atom is 0.213 e. The van der Waals surface area contributed by atoms with E-state index in [1.54, 1.807) is 6.20 Å². The Morgan fingerprint density at radius 3 is 2.77 bits per heavy atom. The summed E-state index contributed by atoms with van der Waals surface area (Å²) in [6.07, 6.45) is 4.48. The zero-order valence-electron chi connectivity index (χ0n) is 7.53. The van der Waals surface area contributed by atoms with E-state index >= 15 is 0 Å². The molecule has 0 saturated heterocycles. The van der Waals surface area contributed by atoms with Gasteiger partial charge >= 0.3 is 0 Å². The molecule has 0 bridgehead atoms. The van der Waals surface area contributed by atoms with Gasteiger partial charge in [0, 0.05) is 16.7 Å². The molecule has 1 heterocycles. The molecule has 1 aliphatic rings. The molecule has 0 N–H and O–H groups in total. The lowest BCUT2D eigenvalue weighted by Gasteiger charge is -2.32. The van der Waals surface area contributed by atoms with E-state index in [2.05, 4.69) is 27.8 Å². The van der Waals surface area contributed by atoms with Crippen molar-refractivity contribution in [3.63, 3.8) is 0 Å². The number of aromatic nitrogens is 1. The van der Waals surface area contributed by atoms with Gasteiger partial charge in [-0.05, 0) is 40.8 Å². The van der Waals surface area contributed by atoms with Crippen LogP contribution in [0.1, 0.15) is 19.8 Å². The molecule has 0 amide bonds. The molecule has 3 heteroatoms. The first kappa shape index (κ1) is 9.00. The number of ether oxygens (including phenoxy) is 1. The van der Waals surface area contributed by atoms with Crippen molar-refractivity contribution < 1.29 is 4.74 Å². The van der Waals surface area contributed by atoms with Crippen LogP contribution in [-0.2, 0) is 0 Å². The summed E-state index contributed by atoms with van der Waals surface area (Å²) >= 11 is 3.33. The smallest absolute Gasteiger partial charge is 0.213 e. The molecular weight excluding hydrogens is 230 g/mol. The highest BCUT2D eigenvalue weighted by atomic mass is 79.9. The van der Waals surface area contributed by atoms with Gasteiger partial charge in [-0.15, -0.1) is 0 Å². The van der Waals surface area contributed by atoms with Crippen molar-refractivity contribution in [3.8, 4) is 5.88 Å². The van der Waals surface area contributed by atoms with Crippen LogP contribution in [0.3, 0.4) is 0 Å². The van der Waals surface area contributed by atoms with Gasteiger partial charge in [0.1, 0.15) is 6.10 Å². The van der Waals surface area contributed by atoms with Crippen molar-refractivity contribution in [2.75, 3.05) is 0 Å². The molecule has 1 fully saturated rings. The summed E-state index contributed by atoms with van der Waals surface area (Å²) in [6.45, 7) is 2.24. The van der Waals surface area contributed by atoms with Crippen molar-refractivity contribution >= 4 is 15.9 Å². The molecule has 70 valence electrons. The number of hydrogen-bond donors (Lipinski definition) is 0. The molecule has 13 heavy (non-hydrogen) atoms. The largest absolute Gasteiger partial charge is 0.474 e. The van der Waals surface area contributed by atoms with E-state index in [1.165, 1.54) is 0 Å². The van der Waals surface area contributed by atoms with E-state index in [-0.39, 0.29) is 0 Å². The Bertz CT molecular complexity index is 279. The minimum Gasteiger partial charge on any atom is -0.474 e. The third-order valence-electron chi connectivity index (χ3n) is 2.32. The molecule has 0 unspecified atom stereocenters. The van der Waals surface area contributed by atoms with Gasteiger partial charge in [0.05, 0.1) is 0 Å². The third-order valence-corrected chi connectivity index (χ3v) is 2.79. The predicted molar refractivity (Wildman–Crippen MR) is 54.8 cm³/mol. The summed E-state index contributed by atoms with van der Waals surface area (Å²) in [5.74, 6) is 1.56. The lowest BCUT2D eigenvalue weighted by molar-refractivity contribution is 0.0695. The molecular formula is C10H12BrNO. The summed E-state index contributed by atoms with van der Waals surface area (Å²) in [5, 5.41) is 0. The third kappa shape index (κ3) is 2.21. The summed E-state index contributed by atoms with van der Waals surface area (Å²) in [6, 6.07) is 3.84. The van der Waals surface area contributed by atoms with Gasteiger partial charge in [-0.1, -0.05) is 6.92 Å². The van der Waals surface area contributed by atoms with Crippen LogP contribution in [0.4, 0.5) is 0 Å². The lowest BCUT2D eigenvalue weighted by Crippen LogP contribution is -2.32. The molecule has 1 aromatic rings. The zero-order valence-corrected chi connectivity index (χ0v) is 9.12. The minimum atomic E-state index is 0.392. The monoisotopic (exact) mass is 241 g/mol. The molecule has 0 aliphatic heterocycles. The van der Waals surface area contributed by atoms with Crippen LogP contribution >= 0.6 is 15.9 Å². The molecule has 1 saturated carbocycles. The predicted octanol–water partition coefficient (Wildman–Crippen LogP) is 3.02. The Kier molecular flexibility index (Phi) is 2.54. The van der Waals surface area contributed by atoms with Crippen LogP contribution < -0.4 is 4.74 Å². The van der Waals surface area contributed by atoms with E-state index in [4.69, 9.17) is 4.74 Å². The Morgan fingerprint density at radius 2 is 2.23 bits per heavy atom. The second kappa shape index (κ2) is 3.66. The van der Waals surface area contributed by atoms with Gasteiger partial charge in [0.2, 0.25) is 5.88 Å². The standard InChI is InChI=1S/C10H12BrNO/c1-7-4-9(5-7)13-10-3-2-8(11)6-12-10/h2-3,6-7,9H,4-5H2,1H3/t7-,9+. The molecule has 2 rings (SSSR count). The lowest BCUT2D eigenvalue weighted by atomic mass is 9.84. The Morgan fingerprint density at radius 1 is 1.46 bits per heavy atom. The van der Waals surface area contributed by atoms with E-state index in [0.29, 0.717) is 6.10 Å².